The predicted molar refractivity (Wildman–Crippen MR) is 238 cm³/mol. The zero-order valence-electron chi connectivity index (χ0n) is 36.2. The van der Waals surface area contributed by atoms with Crippen molar-refractivity contribution in [1.29, 1.82) is 0 Å². The molecule has 4 aliphatic rings. The molecule has 7 rings (SSSR count). The van der Waals surface area contributed by atoms with Gasteiger partial charge in [-0.25, -0.2) is 9.97 Å². The van der Waals surface area contributed by atoms with Gasteiger partial charge in [-0.15, -0.1) is 12.4 Å². The van der Waals surface area contributed by atoms with Gasteiger partial charge in [0.15, 0.2) is 5.82 Å². The first-order valence-electron chi connectivity index (χ1n) is 21.8. The molecule has 17 nitrogen and oxygen atoms in total. The smallest absolute Gasteiger partial charge is 0.255 e. The van der Waals surface area contributed by atoms with Crippen LogP contribution in [0.4, 0.5) is 17.2 Å². The van der Waals surface area contributed by atoms with Gasteiger partial charge in [0, 0.05) is 79.9 Å². The third kappa shape index (κ3) is 10.8. The zero-order chi connectivity index (χ0) is 43.8. The number of benzene rings is 2. The van der Waals surface area contributed by atoms with E-state index in [0.717, 1.165) is 49.2 Å². The van der Waals surface area contributed by atoms with Crippen molar-refractivity contribution in [2.45, 2.75) is 102 Å². The lowest BCUT2D eigenvalue weighted by molar-refractivity contribution is -0.137. The fraction of sp³-hybridized carbons (Fsp3) is 0.511. The molecule has 0 bridgehead atoms. The Balaban J connectivity index is 0.00000661. The van der Waals surface area contributed by atoms with Gasteiger partial charge in [-0.3, -0.25) is 34.1 Å². The molecule has 2 aromatic carbocycles. The number of unbranched alkanes of at least 4 members (excludes halogenated alkanes) is 1. The maximum Gasteiger partial charge on any atom is 0.255 e. The number of imide groups is 1. The highest BCUT2D eigenvalue weighted by atomic mass is 35.5. The van der Waals surface area contributed by atoms with Crippen LogP contribution < -0.4 is 35.8 Å². The molecule has 63 heavy (non-hydrogen) atoms. The summed E-state index contributed by atoms with van der Waals surface area (Å²) in [5.41, 5.74) is 3.71. The number of piperidine rings is 1. The first-order valence-corrected chi connectivity index (χ1v) is 21.8. The molecule has 1 aliphatic carbocycles. The van der Waals surface area contributed by atoms with Crippen LogP contribution in [0.1, 0.15) is 109 Å². The highest BCUT2D eigenvalue weighted by molar-refractivity contribution is 6.07. The van der Waals surface area contributed by atoms with Crippen LogP contribution >= 0.6 is 12.4 Å². The molecule has 3 aliphatic heterocycles. The van der Waals surface area contributed by atoms with Crippen molar-refractivity contribution in [3.05, 3.63) is 70.7 Å². The maximum absolute atomic E-state index is 13.3. The molecule has 338 valence electrons. The van der Waals surface area contributed by atoms with Gasteiger partial charge in [0.25, 0.3) is 11.8 Å². The van der Waals surface area contributed by atoms with E-state index in [1.165, 1.54) is 4.90 Å². The van der Waals surface area contributed by atoms with Gasteiger partial charge >= 0.3 is 0 Å². The van der Waals surface area contributed by atoms with E-state index in [2.05, 4.69) is 31.2 Å². The molecular weight excluding hydrogens is 830 g/mol. The van der Waals surface area contributed by atoms with Crippen LogP contribution in [0.2, 0.25) is 0 Å². The molecule has 0 radical (unpaired) electrons. The van der Waals surface area contributed by atoms with Crippen molar-refractivity contribution < 1.29 is 38.2 Å². The lowest BCUT2D eigenvalue weighted by atomic mass is 10.0. The maximum atomic E-state index is 13.3. The van der Waals surface area contributed by atoms with Crippen molar-refractivity contribution in [3.63, 3.8) is 0 Å². The molecule has 18 heteroatoms. The quantitative estimate of drug-likeness (QED) is 0.100. The minimum Gasteiger partial charge on any atom is -0.496 e. The predicted octanol–water partition coefficient (Wildman–Crippen LogP) is 3.91. The van der Waals surface area contributed by atoms with Gasteiger partial charge in [0.05, 0.1) is 26.5 Å². The lowest BCUT2D eigenvalue weighted by Crippen LogP contribution is -2.55. The number of nitrogens with one attached hydrogen (secondary N) is 4. The van der Waals surface area contributed by atoms with Gasteiger partial charge in [-0.2, -0.15) is 0 Å². The van der Waals surface area contributed by atoms with E-state index >= 15 is 0 Å². The summed E-state index contributed by atoms with van der Waals surface area (Å²) in [6.07, 6.45) is 9.43. The lowest BCUT2D eigenvalue weighted by Gasteiger charge is -2.43. The van der Waals surface area contributed by atoms with Crippen LogP contribution in [0, 0.1) is 0 Å². The number of nitrogens with zero attached hydrogens (tertiary/aromatic N) is 5. The summed E-state index contributed by atoms with van der Waals surface area (Å²) >= 11 is 0. The Morgan fingerprint density at radius 3 is 2.54 bits per heavy atom. The number of amides is 6. The second-order valence-electron chi connectivity index (χ2n) is 16.2. The number of aromatic nitrogens is 2. The highest BCUT2D eigenvalue weighted by Gasteiger charge is 2.42. The number of fused-ring (bicyclic) bond motifs is 2. The molecule has 6 amide bonds. The summed E-state index contributed by atoms with van der Waals surface area (Å²) < 4.78 is 11.4. The third-order valence-electron chi connectivity index (χ3n) is 12.2. The monoisotopic (exact) mass is 887 g/mol. The van der Waals surface area contributed by atoms with E-state index in [-0.39, 0.29) is 73.4 Å². The number of ether oxygens (including phenoxy) is 2. The number of carbonyl (C=O) groups is 6. The second kappa shape index (κ2) is 21.6. The van der Waals surface area contributed by atoms with Crippen molar-refractivity contribution in [2.75, 3.05) is 62.1 Å². The number of hydrogen-bond acceptors (Lipinski definition) is 12. The Kier molecular flexibility index (Phi) is 16.1. The number of anilines is 3. The summed E-state index contributed by atoms with van der Waals surface area (Å²) in [6, 6.07) is 9.81. The SMILES string of the molecule is CC[C@@H]1C(=O)N(C)c2cnc(Cc3ccc(C(=O)NCCOCCNCCCCC(=O)Nc4cccc5c4CN(C4CCC(=O)NC4=O)C5=O)cc3OC)nc2N1C1CCCC1.Cl. The second-order valence-corrected chi connectivity index (χ2v) is 16.2. The van der Waals surface area contributed by atoms with Gasteiger partial charge in [-0.1, -0.05) is 31.9 Å². The molecule has 4 heterocycles. The molecule has 1 saturated heterocycles. The molecular formula is C45H58ClN9O8. The van der Waals surface area contributed by atoms with Crippen molar-refractivity contribution >= 4 is 65.0 Å². The van der Waals surface area contributed by atoms with Crippen LogP contribution in [0.5, 0.6) is 5.75 Å². The van der Waals surface area contributed by atoms with Crippen LogP contribution in [-0.4, -0.2) is 115 Å². The van der Waals surface area contributed by atoms with E-state index < -0.39 is 11.9 Å². The molecule has 1 aromatic heterocycles. The van der Waals surface area contributed by atoms with Crippen molar-refractivity contribution in [1.82, 2.24) is 30.8 Å². The van der Waals surface area contributed by atoms with E-state index in [1.54, 1.807) is 55.6 Å². The average molecular weight is 888 g/mol. The Morgan fingerprint density at radius 1 is 0.984 bits per heavy atom. The van der Waals surface area contributed by atoms with Crippen LogP contribution in [-0.2, 0) is 36.9 Å². The molecule has 4 N–H and O–H groups in total. The van der Waals surface area contributed by atoms with Gasteiger partial charge < -0.3 is 40.1 Å². The molecule has 1 unspecified atom stereocenters. The normalized spacial score (nSPS) is 18.5. The van der Waals surface area contributed by atoms with Gasteiger partial charge in [-0.05, 0) is 69.3 Å². The Labute approximate surface area is 373 Å². The third-order valence-corrected chi connectivity index (χ3v) is 12.2. The number of rotatable bonds is 19. The van der Waals surface area contributed by atoms with Crippen molar-refractivity contribution in [3.8, 4) is 5.75 Å². The van der Waals surface area contributed by atoms with Gasteiger partial charge in [0.1, 0.15) is 29.3 Å². The molecule has 1 saturated carbocycles. The Bertz CT molecular complexity index is 2180. The molecule has 2 atom stereocenters. The molecule has 2 fully saturated rings. The summed E-state index contributed by atoms with van der Waals surface area (Å²) in [6.45, 7) is 4.70. The summed E-state index contributed by atoms with van der Waals surface area (Å²) in [5.74, 6) is 0.560. The fourth-order valence-corrected chi connectivity index (χ4v) is 8.87. The van der Waals surface area contributed by atoms with Crippen LogP contribution in [0.3, 0.4) is 0 Å². The van der Waals surface area contributed by atoms with Crippen LogP contribution in [0.25, 0.3) is 0 Å². The summed E-state index contributed by atoms with van der Waals surface area (Å²) in [4.78, 5) is 91.1. The number of hydrogen-bond donors (Lipinski definition) is 4. The van der Waals surface area contributed by atoms with E-state index in [1.807, 2.05) is 13.0 Å². The first-order chi connectivity index (χ1) is 30.1. The zero-order valence-corrected chi connectivity index (χ0v) is 37.0. The number of halogens is 1. The number of carbonyl (C=O) groups excluding carboxylic acids is 6. The Morgan fingerprint density at radius 2 is 1.78 bits per heavy atom. The Hall–Kier alpha value is -5.65. The van der Waals surface area contributed by atoms with Crippen LogP contribution in [0.15, 0.2) is 42.6 Å². The van der Waals surface area contributed by atoms with Gasteiger partial charge in [0.2, 0.25) is 23.6 Å². The van der Waals surface area contributed by atoms with E-state index in [9.17, 15) is 28.8 Å². The minimum atomic E-state index is -0.717. The minimum absolute atomic E-state index is 0. The molecule has 3 aromatic rings. The topological polar surface area (TPSA) is 204 Å². The highest BCUT2D eigenvalue weighted by Crippen LogP contribution is 2.40. The largest absolute Gasteiger partial charge is 0.496 e. The number of methoxy groups -OCH3 is 1. The average Bonchev–Trinajstić information content (AvgIpc) is 3.92. The van der Waals surface area contributed by atoms with Crippen molar-refractivity contribution in [2.24, 2.45) is 0 Å². The van der Waals surface area contributed by atoms with E-state index in [4.69, 9.17) is 14.5 Å². The number of likely N-dealkylation sites (N-methyl/N-ethyl adjacent to an activating group) is 1. The fourth-order valence-electron chi connectivity index (χ4n) is 8.87. The standard InChI is InChI=1S/C45H57N9O8.ClH/c1-4-34-45(60)52(2)36-26-48-38(50-41(36)54(34)30-10-5-6-11-30)25-28-15-16-29(24-37(28)61-3)42(57)47-21-23-62-22-20-46-19-8-7-14-39(55)49-33-13-9-12-31-32(33)27-53(44(31)59)35-17-18-40(56)51-43(35)58;/h9,12-13,15-16,24,26,30,34-35,46H,4-8,10-11,14,17-23,25,27H2,1-3H3,(H,47,57)(H,49,55)(H,51,56,58);1H/t34-,35?;/m1./s1. The summed E-state index contributed by atoms with van der Waals surface area (Å²) in [7, 11) is 3.37. The first kappa shape index (κ1) is 46.8. The summed E-state index contributed by atoms with van der Waals surface area (Å²) in [5, 5.41) is 11.4. The molecule has 0 spiro atoms. The van der Waals surface area contributed by atoms with E-state index in [0.29, 0.717) is 92.5 Å².